The fourth-order valence-corrected chi connectivity index (χ4v) is 3.02. The molecule has 0 saturated carbocycles. The maximum absolute atomic E-state index is 12.3. The van der Waals surface area contributed by atoms with Gasteiger partial charge < -0.3 is 9.32 Å². The average molecular weight is 354 g/mol. The number of nitrogens with zero attached hydrogens (tertiary/aromatic N) is 2. The number of benzene rings is 1. The van der Waals surface area contributed by atoms with Gasteiger partial charge in [0.1, 0.15) is 0 Å². The standard InChI is InChI=1S/C20H22N2O4/c23-17(16-5-2-1-3-6-16)8-9-20(25)22-12-10-21(11-13-22)15-18(24)19-7-4-14-26-19/h1-7,14H,8-13,15H2. The summed E-state index contributed by atoms with van der Waals surface area (Å²) in [5.74, 6) is 0.291. The van der Waals surface area contributed by atoms with E-state index in [1.54, 1.807) is 29.2 Å². The van der Waals surface area contributed by atoms with E-state index in [1.165, 1.54) is 6.26 Å². The molecule has 1 fully saturated rings. The number of carbonyl (C=O) groups is 3. The van der Waals surface area contributed by atoms with E-state index in [4.69, 9.17) is 4.42 Å². The maximum atomic E-state index is 12.3. The van der Waals surface area contributed by atoms with Crippen LogP contribution in [-0.4, -0.2) is 60.0 Å². The van der Waals surface area contributed by atoms with Crippen LogP contribution in [0.4, 0.5) is 0 Å². The number of Topliss-reactive ketones (excluding diaryl/α,β-unsaturated/α-hetero) is 2. The third-order valence-electron chi connectivity index (χ3n) is 4.55. The van der Waals surface area contributed by atoms with Crippen molar-refractivity contribution in [2.45, 2.75) is 12.8 Å². The summed E-state index contributed by atoms with van der Waals surface area (Å²) in [6.45, 7) is 2.73. The minimum atomic E-state index is -0.0526. The van der Waals surface area contributed by atoms with Crippen LogP contribution < -0.4 is 0 Å². The van der Waals surface area contributed by atoms with E-state index in [0.717, 1.165) is 0 Å². The predicted molar refractivity (Wildman–Crippen MR) is 96.1 cm³/mol. The van der Waals surface area contributed by atoms with E-state index in [-0.39, 0.29) is 30.3 Å². The first-order valence-corrected chi connectivity index (χ1v) is 8.78. The van der Waals surface area contributed by atoms with E-state index in [9.17, 15) is 14.4 Å². The fourth-order valence-electron chi connectivity index (χ4n) is 3.02. The minimum Gasteiger partial charge on any atom is -0.461 e. The molecular weight excluding hydrogens is 332 g/mol. The fraction of sp³-hybridized carbons (Fsp3) is 0.350. The molecule has 1 saturated heterocycles. The Bertz CT molecular complexity index is 747. The highest BCUT2D eigenvalue weighted by Crippen LogP contribution is 2.10. The van der Waals surface area contributed by atoms with Gasteiger partial charge in [0, 0.05) is 44.6 Å². The second-order valence-electron chi connectivity index (χ2n) is 6.35. The Morgan fingerprint density at radius 1 is 0.846 bits per heavy atom. The van der Waals surface area contributed by atoms with Gasteiger partial charge >= 0.3 is 0 Å². The van der Waals surface area contributed by atoms with Gasteiger partial charge in [0.05, 0.1) is 12.8 Å². The summed E-state index contributed by atoms with van der Waals surface area (Å²) in [5, 5.41) is 0. The molecule has 6 nitrogen and oxygen atoms in total. The predicted octanol–water partition coefficient (Wildman–Crippen LogP) is 2.27. The molecular formula is C20H22N2O4. The van der Waals surface area contributed by atoms with Gasteiger partial charge in [-0.3, -0.25) is 19.3 Å². The first kappa shape index (κ1) is 18.1. The van der Waals surface area contributed by atoms with Crippen LogP contribution in [0.5, 0.6) is 0 Å². The lowest BCUT2D eigenvalue weighted by Gasteiger charge is -2.34. The van der Waals surface area contributed by atoms with Crippen molar-refractivity contribution in [3.8, 4) is 0 Å². The maximum Gasteiger partial charge on any atom is 0.223 e. The molecule has 2 aromatic rings. The quantitative estimate of drug-likeness (QED) is 0.714. The molecule has 2 heterocycles. The van der Waals surface area contributed by atoms with Crippen LogP contribution in [0.1, 0.15) is 33.8 Å². The molecule has 0 radical (unpaired) electrons. The van der Waals surface area contributed by atoms with Gasteiger partial charge in [-0.1, -0.05) is 30.3 Å². The van der Waals surface area contributed by atoms with Crippen LogP contribution in [0.25, 0.3) is 0 Å². The van der Waals surface area contributed by atoms with Crippen LogP contribution >= 0.6 is 0 Å². The van der Waals surface area contributed by atoms with Crippen molar-refractivity contribution >= 4 is 17.5 Å². The number of carbonyl (C=O) groups excluding carboxylic acids is 3. The lowest BCUT2D eigenvalue weighted by molar-refractivity contribution is -0.132. The second kappa shape index (κ2) is 8.58. The molecule has 1 aliphatic rings. The zero-order valence-corrected chi connectivity index (χ0v) is 14.6. The van der Waals surface area contributed by atoms with Crippen LogP contribution in [-0.2, 0) is 4.79 Å². The monoisotopic (exact) mass is 354 g/mol. The van der Waals surface area contributed by atoms with Crippen molar-refractivity contribution in [1.82, 2.24) is 9.80 Å². The number of ketones is 2. The van der Waals surface area contributed by atoms with Crippen LogP contribution in [0, 0.1) is 0 Å². The Labute approximate surface area is 152 Å². The number of piperazine rings is 1. The third kappa shape index (κ3) is 4.67. The number of furan rings is 1. The normalized spacial score (nSPS) is 15.0. The van der Waals surface area contributed by atoms with Crippen LogP contribution in [0.3, 0.4) is 0 Å². The molecule has 6 heteroatoms. The Morgan fingerprint density at radius 3 is 2.23 bits per heavy atom. The van der Waals surface area contributed by atoms with E-state index in [2.05, 4.69) is 0 Å². The Kier molecular flexibility index (Phi) is 5.96. The summed E-state index contributed by atoms with van der Waals surface area (Å²) in [7, 11) is 0. The van der Waals surface area contributed by atoms with Gasteiger partial charge in [0.2, 0.25) is 11.7 Å². The van der Waals surface area contributed by atoms with Crippen molar-refractivity contribution in [2.75, 3.05) is 32.7 Å². The van der Waals surface area contributed by atoms with Gasteiger partial charge in [-0.15, -0.1) is 0 Å². The SMILES string of the molecule is O=C(CCC(=O)N1CCN(CC(=O)c2ccco2)CC1)c1ccccc1. The molecule has 26 heavy (non-hydrogen) atoms. The summed E-state index contributed by atoms with van der Waals surface area (Å²) in [6.07, 6.45) is 1.93. The van der Waals surface area contributed by atoms with Gasteiger partial charge in [-0.05, 0) is 12.1 Å². The number of hydrogen-bond acceptors (Lipinski definition) is 5. The Hall–Kier alpha value is -2.73. The third-order valence-corrected chi connectivity index (χ3v) is 4.55. The molecule has 1 aliphatic heterocycles. The highest BCUT2D eigenvalue weighted by atomic mass is 16.3. The smallest absolute Gasteiger partial charge is 0.223 e. The highest BCUT2D eigenvalue weighted by Gasteiger charge is 2.23. The van der Waals surface area contributed by atoms with Gasteiger partial charge in [0.15, 0.2) is 11.5 Å². The molecule has 0 N–H and O–H groups in total. The Morgan fingerprint density at radius 2 is 1.58 bits per heavy atom. The molecule has 3 rings (SSSR count). The number of rotatable bonds is 7. The largest absolute Gasteiger partial charge is 0.461 e. The van der Waals surface area contributed by atoms with E-state index >= 15 is 0 Å². The van der Waals surface area contributed by atoms with E-state index < -0.39 is 0 Å². The molecule has 1 aromatic carbocycles. The summed E-state index contributed by atoms with van der Waals surface area (Å²) in [5.41, 5.74) is 0.640. The van der Waals surface area contributed by atoms with Crippen molar-refractivity contribution in [3.05, 3.63) is 60.1 Å². The van der Waals surface area contributed by atoms with Crippen LogP contribution in [0.2, 0.25) is 0 Å². The zero-order chi connectivity index (χ0) is 18.4. The molecule has 1 amide bonds. The molecule has 0 bridgehead atoms. The molecule has 136 valence electrons. The molecule has 1 aromatic heterocycles. The molecule has 0 aliphatic carbocycles. The lowest BCUT2D eigenvalue weighted by atomic mass is 10.1. The second-order valence-corrected chi connectivity index (χ2v) is 6.35. The topological polar surface area (TPSA) is 70.8 Å². The van der Waals surface area contributed by atoms with Crippen molar-refractivity contribution < 1.29 is 18.8 Å². The van der Waals surface area contributed by atoms with Gasteiger partial charge in [-0.25, -0.2) is 0 Å². The summed E-state index contributed by atoms with van der Waals surface area (Å²) in [6, 6.07) is 12.4. The Balaban J connectivity index is 1.41. The molecule has 0 atom stereocenters. The zero-order valence-electron chi connectivity index (χ0n) is 14.6. The highest BCUT2D eigenvalue weighted by molar-refractivity contribution is 5.98. The minimum absolute atomic E-state index is 0.00806. The lowest BCUT2D eigenvalue weighted by Crippen LogP contribution is -2.49. The first-order chi connectivity index (χ1) is 12.6. The summed E-state index contributed by atoms with van der Waals surface area (Å²) in [4.78, 5) is 40.3. The molecule has 0 spiro atoms. The van der Waals surface area contributed by atoms with Crippen molar-refractivity contribution in [2.24, 2.45) is 0 Å². The van der Waals surface area contributed by atoms with Crippen molar-refractivity contribution in [1.29, 1.82) is 0 Å². The summed E-state index contributed by atoms with van der Waals surface area (Å²) < 4.78 is 5.11. The number of hydrogen-bond donors (Lipinski definition) is 0. The van der Waals surface area contributed by atoms with Gasteiger partial charge in [-0.2, -0.15) is 0 Å². The van der Waals surface area contributed by atoms with E-state index in [0.29, 0.717) is 44.0 Å². The van der Waals surface area contributed by atoms with Crippen LogP contribution in [0.15, 0.2) is 53.1 Å². The van der Waals surface area contributed by atoms with Crippen molar-refractivity contribution in [3.63, 3.8) is 0 Å². The average Bonchev–Trinajstić information content (AvgIpc) is 3.22. The van der Waals surface area contributed by atoms with E-state index in [1.807, 2.05) is 23.1 Å². The first-order valence-electron chi connectivity index (χ1n) is 8.78. The number of amides is 1. The molecule has 0 unspecified atom stereocenters. The van der Waals surface area contributed by atoms with Gasteiger partial charge in [0.25, 0.3) is 0 Å². The summed E-state index contributed by atoms with van der Waals surface area (Å²) >= 11 is 0.